The summed E-state index contributed by atoms with van der Waals surface area (Å²) in [4.78, 5) is 19.9. The molecule has 1 N–H and O–H groups in total. The van der Waals surface area contributed by atoms with Crippen LogP contribution in [0.25, 0.3) is 11.4 Å². The molecular formula is C12H11N3OS. The molecule has 2 aromatic heterocycles. The van der Waals surface area contributed by atoms with Crippen LogP contribution < -0.4 is 5.32 Å². The van der Waals surface area contributed by atoms with Crippen LogP contribution >= 0.6 is 11.3 Å². The summed E-state index contributed by atoms with van der Waals surface area (Å²) >= 11 is 1.37. The van der Waals surface area contributed by atoms with Crippen molar-refractivity contribution >= 4 is 22.4 Å². The van der Waals surface area contributed by atoms with Crippen molar-refractivity contribution in [2.45, 2.75) is 6.92 Å². The number of rotatable bonds is 3. The van der Waals surface area contributed by atoms with Crippen molar-refractivity contribution in [3.05, 3.63) is 41.9 Å². The van der Waals surface area contributed by atoms with Gasteiger partial charge < -0.3 is 0 Å². The van der Waals surface area contributed by atoms with Crippen LogP contribution in [0.2, 0.25) is 0 Å². The van der Waals surface area contributed by atoms with Crippen molar-refractivity contribution in [3.63, 3.8) is 0 Å². The number of hydrogen-bond acceptors (Lipinski definition) is 4. The van der Waals surface area contributed by atoms with Gasteiger partial charge in [0, 0.05) is 17.2 Å². The van der Waals surface area contributed by atoms with Crippen LogP contribution in [0.3, 0.4) is 0 Å². The normalized spacial score (nSPS) is 9.94. The molecule has 0 saturated carbocycles. The lowest BCUT2D eigenvalue weighted by Gasteiger charge is -1.98. The van der Waals surface area contributed by atoms with E-state index >= 15 is 0 Å². The Morgan fingerprint density at radius 3 is 2.88 bits per heavy atom. The molecule has 0 radical (unpaired) electrons. The number of amides is 1. The maximum Gasteiger partial charge on any atom is 0.252 e. The molecule has 17 heavy (non-hydrogen) atoms. The lowest BCUT2D eigenvalue weighted by atomic mass is 10.3. The maximum atomic E-state index is 11.4. The van der Waals surface area contributed by atoms with Crippen LogP contribution in [0.5, 0.6) is 0 Å². The van der Waals surface area contributed by atoms with Gasteiger partial charge in [-0.25, -0.2) is 4.98 Å². The van der Waals surface area contributed by atoms with E-state index in [9.17, 15) is 4.79 Å². The molecule has 0 unspecified atom stereocenters. The fourth-order valence-electron chi connectivity index (χ4n) is 1.17. The number of hydrogen-bond donors (Lipinski definition) is 1. The molecule has 0 saturated heterocycles. The Labute approximate surface area is 103 Å². The average Bonchev–Trinajstić information content (AvgIpc) is 2.78. The minimum Gasteiger partial charge on any atom is -0.298 e. The summed E-state index contributed by atoms with van der Waals surface area (Å²) in [6.45, 7) is 5.22. The molecule has 2 heterocycles. The summed E-state index contributed by atoms with van der Waals surface area (Å²) in [5, 5.41) is 5.08. The first kappa shape index (κ1) is 11.5. The van der Waals surface area contributed by atoms with E-state index in [1.165, 1.54) is 11.3 Å². The first-order valence-corrected chi connectivity index (χ1v) is 5.88. The lowest BCUT2D eigenvalue weighted by Crippen LogP contribution is -2.11. The van der Waals surface area contributed by atoms with E-state index in [1.54, 1.807) is 13.1 Å². The fraction of sp³-hybridized carbons (Fsp3) is 0.0833. The molecule has 1 amide bonds. The zero-order chi connectivity index (χ0) is 12.3. The largest absolute Gasteiger partial charge is 0.298 e. The molecule has 0 aromatic carbocycles. The van der Waals surface area contributed by atoms with Gasteiger partial charge in [-0.15, -0.1) is 11.3 Å². The van der Waals surface area contributed by atoms with Crippen LogP contribution in [-0.4, -0.2) is 15.9 Å². The number of anilines is 1. The van der Waals surface area contributed by atoms with Crippen LogP contribution in [0, 0.1) is 0 Å². The third-order valence-electron chi connectivity index (χ3n) is 2.04. The van der Waals surface area contributed by atoms with E-state index in [2.05, 4.69) is 21.9 Å². The standard InChI is InChI=1S/C12H11N3OS/c1-8(2)11(16)15-12-14-10(7-17-12)9-5-3-4-6-13-9/h3-7H,1H2,2H3,(H,14,15,16). The Morgan fingerprint density at radius 2 is 2.24 bits per heavy atom. The van der Waals surface area contributed by atoms with Gasteiger partial charge in [-0.1, -0.05) is 12.6 Å². The molecule has 86 valence electrons. The predicted octanol–water partition coefficient (Wildman–Crippen LogP) is 2.72. The Morgan fingerprint density at radius 1 is 1.41 bits per heavy atom. The van der Waals surface area contributed by atoms with E-state index < -0.39 is 0 Å². The highest BCUT2D eigenvalue weighted by Crippen LogP contribution is 2.23. The van der Waals surface area contributed by atoms with Crippen molar-refractivity contribution < 1.29 is 4.79 Å². The Hall–Kier alpha value is -2.01. The highest BCUT2D eigenvalue weighted by Gasteiger charge is 2.08. The van der Waals surface area contributed by atoms with Crippen molar-refractivity contribution in [3.8, 4) is 11.4 Å². The number of thiazole rings is 1. The molecule has 0 bridgehead atoms. The van der Waals surface area contributed by atoms with Crippen molar-refractivity contribution in [1.29, 1.82) is 0 Å². The topological polar surface area (TPSA) is 54.9 Å². The van der Waals surface area contributed by atoms with Gasteiger partial charge in [-0.2, -0.15) is 0 Å². The molecule has 0 spiro atoms. The van der Waals surface area contributed by atoms with E-state index in [1.807, 2.05) is 23.6 Å². The molecule has 4 nitrogen and oxygen atoms in total. The predicted molar refractivity (Wildman–Crippen MR) is 68.8 cm³/mol. The van der Waals surface area contributed by atoms with Gasteiger partial charge in [0.15, 0.2) is 5.13 Å². The fourth-order valence-corrected chi connectivity index (χ4v) is 1.87. The maximum absolute atomic E-state index is 11.4. The minimum absolute atomic E-state index is 0.216. The summed E-state index contributed by atoms with van der Waals surface area (Å²) in [7, 11) is 0. The first-order valence-electron chi connectivity index (χ1n) is 5.00. The third kappa shape index (κ3) is 2.76. The van der Waals surface area contributed by atoms with Crippen LogP contribution in [0.15, 0.2) is 41.9 Å². The molecule has 0 aliphatic carbocycles. The average molecular weight is 245 g/mol. The van der Waals surface area contributed by atoms with E-state index in [0.29, 0.717) is 10.7 Å². The number of nitrogens with one attached hydrogen (secondary N) is 1. The Balaban J connectivity index is 2.17. The summed E-state index contributed by atoms with van der Waals surface area (Å²) in [6, 6.07) is 5.62. The second kappa shape index (κ2) is 4.88. The van der Waals surface area contributed by atoms with Gasteiger partial charge in [0.25, 0.3) is 5.91 Å². The van der Waals surface area contributed by atoms with Crippen molar-refractivity contribution in [2.24, 2.45) is 0 Å². The highest BCUT2D eigenvalue weighted by atomic mass is 32.1. The summed E-state index contributed by atoms with van der Waals surface area (Å²) in [5.74, 6) is -0.216. The van der Waals surface area contributed by atoms with Gasteiger partial charge in [0.05, 0.1) is 5.69 Å². The van der Waals surface area contributed by atoms with Crippen LogP contribution in [0.1, 0.15) is 6.92 Å². The monoisotopic (exact) mass is 245 g/mol. The summed E-state index contributed by atoms with van der Waals surface area (Å²) in [5.41, 5.74) is 2.01. The minimum atomic E-state index is -0.216. The molecule has 0 fully saturated rings. The zero-order valence-corrected chi connectivity index (χ0v) is 10.1. The van der Waals surface area contributed by atoms with Crippen LogP contribution in [-0.2, 0) is 4.79 Å². The molecular weight excluding hydrogens is 234 g/mol. The Bertz CT molecular complexity index is 548. The van der Waals surface area contributed by atoms with E-state index in [4.69, 9.17) is 0 Å². The van der Waals surface area contributed by atoms with Crippen LogP contribution in [0.4, 0.5) is 5.13 Å². The summed E-state index contributed by atoms with van der Waals surface area (Å²) < 4.78 is 0. The Kier molecular flexibility index (Phi) is 3.30. The number of carbonyl (C=O) groups is 1. The molecule has 5 heteroatoms. The second-order valence-electron chi connectivity index (χ2n) is 3.49. The van der Waals surface area contributed by atoms with Gasteiger partial charge in [-0.05, 0) is 19.1 Å². The quantitative estimate of drug-likeness (QED) is 0.846. The zero-order valence-electron chi connectivity index (χ0n) is 9.30. The van der Waals surface area contributed by atoms with Crippen molar-refractivity contribution in [2.75, 3.05) is 5.32 Å². The second-order valence-corrected chi connectivity index (χ2v) is 4.35. The molecule has 2 aromatic rings. The van der Waals surface area contributed by atoms with Gasteiger partial charge in [0.2, 0.25) is 0 Å². The molecule has 0 aliphatic rings. The smallest absolute Gasteiger partial charge is 0.252 e. The van der Waals surface area contributed by atoms with E-state index in [0.717, 1.165) is 11.4 Å². The molecule has 0 aliphatic heterocycles. The number of nitrogens with zero attached hydrogens (tertiary/aromatic N) is 2. The summed E-state index contributed by atoms with van der Waals surface area (Å²) in [6.07, 6.45) is 1.71. The van der Waals surface area contributed by atoms with Gasteiger partial charge in [0.1, 0.15) is 5.69 Å². The number of aromatic nitrogens is 2. The molecule has 0 atom stereocenters. The third-order valence-corrected chi connectivity index (χ3v) is 2.80. The number of pyridine rings is 1. The lowest BCUT2D eigenvalue weighted by molar-refractivity contribution is -0.112. The highest BCUT2D eigenvalue weighted by molar-refractivity contribution is 7.14. The molecule has 2 rings (SSSR count). The first-order chi connectivity index (χ1) is 8.16. The van der Waals surface area contributed by atoms with Crippen molar-refractivity contribution in [1.82, 2.24) is 9.97 Å². The number of carbonyl (C=O) groups excluding carboxylic acids is 1. The van der Waals surface area contributed by atoms with Gasteiger partial charge in [-0.3, -0.25) is 15.1 Å². The SMILES string of the molecule is C=C(C)C(=O)Nc1nc(-c2ccccn2)cs1. The van der Waals surface area contributed by atoms with Gasteiger partial charge >= 0.3 is 0 Å². The van der Waals surface area contributed by atoms with E-state index in [-0.39, 0.29) is 5.91 Å².